The van der Waals surface area contributed by atoms with Gasteiger partial charge in [-0.1, -0.05) is 30.3 Å². The SMILES string of the molecule is COc1ccccc1NC(=O)CN1C(=O)S/C(=C/c2cccn2Cc2ccccc2[N+](=O)[O-])C1=O. The van der Waals surface area contributed by atoms with E-state index in [1.165, 1.54) is 19.3 Å². The van der Waals surface area contributed by atoms with E-state index < -0.39 is 28.5 Å². The third-order valence-electron chi connectivity index (χ3n) is 5.23. The van der Waals surface area contributed by atoms with Gasteiger partial charge < -0.3 is 14.6 Å². The van der Waals surface area contributed by atoms with E-state index in [1.54, 1.807) is 65.4 Å². The molecule has 0 saturated carbocycles. The van der Waals surface area contributed by atoms with Gasteiger partial charge in [0.15, 0.2) is 0 Å². The zero-order valence-corrected chi connectivity index (χ0v) is 19.4. The number of aromatic nitrogens is 1. The van der Waals surface area contributed by atoms with Crippen LogP contribution in [0.4, 0.5) is 16.2 Å². The number of hydrogen-bond acceptors (Lipinski definition) is 7. The number of benzene rings is 2. The van der Waals surface area contributed by atoms with Gasteiger partial charge in [-0.15, -0.1) is 0 Å². The van der Waals surface area contributed by atoms with Crippen molar-refractivity contribution >= 4 is 46.3 Å². The van der Waals surface area contributed by atoms with Crippen molar-refractivity contribution in [3.63, 3.8) is 0 Å². The molecule has 0 atom stereocenters. The van der Waals surface area contributed by atoms with Crippen LogP contribution in [0, 0.1) is 10.1 Å². The van der Waals surface area contributed by atoms with E-state index in [0.29, 0.717) is 22.7 Å². The molecule has 3 aromatic rings. The topological polar surface area (TPSA) is 124 Å². The van der Waals surface area contributed by atoms with Crippen molar-refractivity contribution in [3.8, 4) is 5.75 Å². The quantitative estimate of drug-likeness (QED) is 0.285. The van der Waals surface area contributed by atoms with Crippen molar-refractivity contribution < 1.29 is 24.0 Å². The molecule has 0 radical (unpaired) electrons. The maximum absolute atomic E-state index is 12.9. The molecule has 1 aliphatic heterocycles. The fraction of sp³-hybridized carbons (Fsp3) is 0.125. The Morgan fingerprint density at radius 1 is 1.11 bits per heavy atom. The number of para-hydroxylation sites is 3. The Kier molecular flexibility index (Phi) is 6.97. The summed E-state index contributed by atoms with van der Waals surface area (Å²) in [5.74, 6) is -0.680. The summed E-state index contributed by atoms with van der Waals surface area (Å²) in [6, 6.07) is 16.7. The molecular weight excluding hydrogens is 472 g/mol. The normalized spacial score (nSPS) is 14.4. The van der Waals surface area contributed by atoms with E-state index in [-0.39, 0.29) is 17.1 Å². The number of amides is 3. The minimum atomic E-state index is -0.589. The number of nitrogens with zero attached hydrogens (tertiary/aromatic N) is 3. The Balaban J connectivity index is 1.49. The summed E-state index contributed by atoms with van der Waals surface area (Å²) in [7, 11) is 1.47. The summed E-state index contributed by atoms with van der Waals surface area (Å²) in [6.45, 7) is -0.238. The van der Waals surface area contributed by atoms with Crippen molar-refractivity contribution in [2.24, 2.45) is 0 Å². The monoisotopic (exact) mass is 492 g/mol. The summed E-state index contributed by atoms with van der Waals surface area (Å²) < 4.78 is 6.93. The number of carbonyl (C=O) groups excluding carboxylic acids is 3. The first-order valence-electron chi connectivity index (χ1n) is 10.4. The van der Waals surface area contributed by atoms with E-state index >= 15 is 0 Å². The first kappa shape index (κ1) is 23.8. The Labute approximate surface area is 204 Å². The highest BCUT2D eigenvalue weighted by Crippen LogP contribution is 2.33. The zero-order chi connectivity index (χ0) is 24.9. The molecule has 0 spiro atoms. The van der Waals surface area contributed by atoms with Gasteiger partial charge in [0.25, 0.3) is 16.8 Å². The smallest absolute Gasteiger partial charge is 0.294 e. The minimum absolute atomic E-state index is 0.00599. The molecule has 0 aliphatic carbocycles. The van der Waals surface area contributed by atoms with Crippen LogP contribution in [0.3, 0.4) is 0 Å². The third kappa shape index (κ3) is 5.25. The third-order valence-corrected chi connectivity index (χ3v) is 6.14. The van der Waals surface area contributed by atoms with Crippen LogP contribution in [0.15, 0.2) is 71.8 Å². The molecule has 35 heavy (non-hydrogen) atoms. The number of nitro groups is 1. The number of rotatable bonds is 8. The molecule has 11 heteroatoms. The number of hydrogen-bond donors (Lipinski definition) is 1. The predicted molar refractivity (Wildman–Crippen MR) is 131 cm³/mol. The molecule has 1 aliphatic rings. The van der Waals surface area contributed by atoms with Crippen molar-refractivity contribution in [3.05, 3.63) is 93.1 Å². The predicted octanol–water partition coefficient (Wildman–Crippen LogP) is 4.13. The lowest BCUT2D eigenvalue weighted by atomic mass is 10.2. The van der Waals surface area contributed by atoms with E-state index in [0.717, 1.165) is 16.7 Å². The molecule has 1 saturated heterocycles. The molecule has 1 aromatic heterocycles. The van der Waals surface area contributed by atoms with Crippen LogP contribution >= 0.6 is 11.8 Å². The Bertz CT molecular complexity index is 1350. The van der Waals surface area contributed by atoms with Gasteiger partial charge in [0.2, 0.25) is 5.91 Å². The van der Waals surface area contributed by atoms with Crippen LogP contribution in [0.1, 0.15) is 11.3 Å². The average Bonchev–Trinajstić information content (AvgIpc) is 3.38. The van der Waals surface area contributed by atoms with Gasteiger partial charge in [-0.3, -0.25) is 29.4 Å². The largest absolute Gasteiger partial charge is 0.495 e. The number of anilines is 1. The highest BCUT2D eigenvalue weighted by atomic mass is 32.2. The Morgan fingerprint density at radius 3 is 2.63 bits per heavy atom. The first-order valence-corrected chi connectivity index (χ1v) is 11.2. The van der Waals surface area contributed by atoms with Crippen molar-refractivity contribution in [2.75, 3.05) is 19.0 Å². The van der Waals surface area contributed by atoms with Crippen molar-refractivity contribution in [2.45, 2.75) is 6.54 Å². The van der Waals surface area contributed by atoms with E-state index in [4.69, 9.17) is 4.74 Å². The van der Waals surface area contributed by atoms with Crippen LogP contribution in [0.25, 0.3) is 6.08 Å². The molecule has 1 N–H and O–H groups in total. The van der Waals surface area contributed by atoms with Crippen LogP contribution in [-0.4, -0.2) is 45.1 Å². The number of nitro benzene ring substituents is 1. The highest BCUT2D eigenvalue weighted by molar-refractivity contribution is 8.18. The number of methoxy groups -OCH3 is 1. The molecule has 3 amide bonds. The summed E-state index contributed by atoms with van der Waals surface area (Å²) in [6.07, 6.45) is 3.27. The van der Waals surface area contributed by atoms with Crippen LogP contribution in [-0.2, 0) is 16.1 Å². The van der Waals surface area contributed by atoms with E-state index in [9.17, 15) is 24.5 Å². The summed E-state index contributed by atoms with van der Waals surface area (Å²) in [4.78, 5) is 49.7. The second-order valence-corrected chi connectivity index (χ2v) is 8.46. The molecular formula is C24H20N4O6S. The maximum atomic E-state index is 12.9. The van der Waals surface area contributed by atoms with Gasteiger partial charge >= 0.3 is 0 Å². The molecule has 1 fully saturated rings. The molecule has 2 aromatic carbocycles. The summed E-state index contributed by atoms with van der Waals surface area (Å²) in [5, 5.41) is 13.4. The molecule has 0 unspecified atom stereocenters. The second kappa shape index (κ2) is 10.3. The highest BCUT2D eigenvalue weighted by Gasteiger charge is 2.36. The number of ether oxygens (including phenoxy) is 1. The lowest BCUT2D eigenvalue weighted by molar-refractivity contribution is -0.385. The number of nitrogens with one attached hydrogen (secondary N) is 1. The molecule has 4 rings (SSSR count). The summed E-state index contributed by atoms with van der Waals surface area (Å²) >= 11 is 0.731. The molecule has 178 valence electrons. The van der Waals surface area contributed by atoms with Crippen LogP contribution in [0.5, 0.6) is 5.75 Å². The lowest BCUT2D eigenvalue weighted by Crippen LogP contribution is -2.36. The van der Waals surface area contributed by atoms with Gasteiger partial charge in [0.05, 0.1) is 29.2 Å². The van der Waals surface area contributed by atoms with Gasteiger partial charge in [-0.05, 0) is 42.1 Å². The van der Waals surface area contributed by atoms with Crippen molar-refractivity contribution in [1.82, 2.24) is 9.47 Å². The van der Waals surface area contributed by atoms with Crippen LogP contribution < -0.4 is 10.1 Å². The van der Waals surface area contributed by atoms with Crippen molar-refractivity contribution in [1.29, 1.82) is 0 Å². The van der Waals surface area contributed by atoms with Gasteiger partial charge in [-0.25, -0.2) is 0 Å². The Hall–Kier alpha value is -4.38. The number of carbonyl (C=O) groups is 3. The lowest BCUT2D eigenvalue weighted by Gasteiger charge is -2.14. The molecule has 10 nitrogen and oxygen atoms in total. The molecule has 2 heterocycles. The fourth-order valence-corrected chi connectivity index (χ4v) is 4.38. The maximum Gasteiger partial charge on any atom is 0.294 e. The van der Waals surface area contributed by atoms with E-state index in [2.05, 4.69) is 5.32 Å². The van der Waals surface area contributed by atoms with Gasteiger partial charge in [-0.2, -0.15) is 0 Å². The van der Waals surface area contributed by atoms with Gasteiger partial charge in [0, 0.05) is 23.5 Å². The minimum Gasteiger partial charge on any atom is -0.495 e. The molecule has 0 bridgehead atoms. The van der Waals surface area contributed by atoms with Crippen LogP contribution in [0.2, 0.25) is 0 Å². The summed E-state index contributed by atoms with van der Waals surface area (Å²) in [5.41, 5.74) is 1.51. The fourth-order valence-electron chi connectivity index (χ4n) is 3.56. The average molecular weight is 493 g/mol. The number of imide groups is 1. The Morgan fingerprint density at radius 2 is 1.86 bits per heavy atom. The number of thioether (sulfide) groups is 1. The standard InChI is InChI=1S/C24H20N4O6S/c1-34-20-11-5-3-9-18(20)25-22(29)15-27-23(30)21(35-24(27)31)13-17-8-6-12-26(17)14-16-7-2-4-10-19(16)28(32)33/h2-13H,14-15H2,1H3,(H,25,29)/b21-13+. The van der Waals surface area contributed by atoms with Gasteiger partial charge in [0.1, 0.15) is 12.3 Å². The first-order chi connectivity index (χ1) is 16.9. The zero-order valence-electron chi connectivity index (χ0n) is 18.5. The van der Waals surface area contributed by atoms with E-state index in [1.807, 2.05) is 0 Å². The second-order valence-electron chi connectivity index (χ2n) is 7.46.